The molecule has 0 bridgehead atoms. The minimum absolute atomic E-state index is 0.0666. The molecule has 2 rings (SSSR count). The molecule has 0 spiro atoms. The second-order valence-electron chi connectivity index (χ2n) is 5.21. The maximum atomic E-state index is 10.5. The zero-order chi connectivity index (χ0) is 16.6. The molecule has 0 saturated carbocycles. The van der Waals surface area contributed by atoms with E-state index in [4.69, 9.17) is 19.1 Å². The number of hydrogen-bond acceptors (Lipinski definition) is 5. The summed E-state index contributed by atoms with van der Waals surface area (Å²) in [6, 6.07) is 5.99. The van der Waals surface area contributed by atoms with E-state index < -0.39 is 10.1 Å². The highest BCUT2D eigenvalue weighted by molar-refractivity contribution is 7.85. The Hall–Kier alpha value is -0.990. The van der Waals surface area contributed by atoms with E-state index >= 15 is 0 Å². The lowest BCUT2D eigenvalue weighted by atomic mass is 10.2. The van der Waals surface area contributed by atoms with Crippen LogP contribution in [0.1, 0.15) is 31.7 Å². The van der Waals surface area contributed by atoms with E-state index in [1.165, 1.54) is 18.6 Å². The Balaban J connectivity index is 0.000000220. The molecule has 1 aromatic rings. The van der Waals surface area contributed by atoms with Crippen molar-refractivity contribution in [2.75, 3.05) is 13.2 Å². The van der Waals surface area contributed by atoms with Crippen LogP contribution >= 0.6 is 0 Å². The third kappa shape index (κ3) is 7.33. The van der Waals surface area contributed by atoms with Gasteiger partial charge in [-0.1, -0.05) is 17.7 Å². The number of ether oxygens (including phenoxy) is 2. The lowest BCUT2D eigenvalue weighted by Crippen LogP contribution is -2.28. The Kier molecular flexibility index (Phi) is 7.98. The minimum Gasteiger partial charge on any atom is -0.394 e. The van der Waals surface area contributed by atoms with Crippen molar-refractivity contribution in [3.8, 4) is 0 Å². The largest absolute Gasteiger partial charge is 0.394 e. The lowest BCUT2D eigenvalue weighted by Gasteiger charge is -2.25. The van der Waals surface area contributed by atoms with E-state index in [0.717, 1.165) is 25.0 Å². The van der Waals surface area contributed by atoms with Crippen LogP contribution in [0.4, 0.5) is 0 Å². The number of aliphatic hydroxyl groups is 1. The molecule has 0 amide bonds. The van der Waals surface area contributed by atoms with E-state index in [0.29, 0.717) is 0 Å². The number of aliphatic hydroxyl groups excluding tert-OH is 1. The highest BCUT2D eigenvalue weighted by Crippen LogP contribution is 2.14. The van der Waals surface area contributed by atoms with Gasteiger partial charge in [0.05, 0.1) is 17.6 Å². The molecule has 1 saturated heterocycles. The van der Waals surface area contributed by atoms with Gasteiger partial charge < -0.3 is 14.6 Å². The number of aryl methyl sites for hydroxylation is 1. The van der Waals surface area contributed by atoms with E-state index in [-0.39, 0.29) is 23.9 Å². The summed E-state index contributed by atoms with van der Waals surface area (Å²) in [7, 11) is -4.02. The second kappa shape index (κ2) is 9.22. The second-order valence-corrected chi connectivity index (χ2v) is 6.64. The van der Waals surface area contributed by atoms with Gasteiger partial charge in [-0.05, 0) is 45.2 Å². The molecule has 0 radical (unpaired) electrons. The van der Waals surface area contributed by atoms with Crippen LogP contribution in [0.15, 0.2) is 29.2 Å². The summed E-state index contributed by atoms with van der Waals surface area (Å²) in [4.78, 5) is -0.0666. The minimum atomic E-state index is -4.02. The van der Waals surface area contributed by atoms with Gasteiger partial charge in [0, 0.05) is 6.61 Å². The maximum Gasteiger partial charge on any atom is 0.294 e. The number of benzene rings is 1. The Morgan fingerprint density at radius 2 is 1.95 bits per heavy atom. The van der Waals surface area contributed by atoms with Crippen molar-refractivity contribution in [2.45, 2.75) is 50.4 Å². The molecule has 1 aliphatic rings. The van der Waals surface area contributed by atoms with Gasteiger partial charge in [-0.15, -0.1) is 0 Å². The summed E-state index contributed by atoms with van der Waals surface area (Å²) in [6.07, 6.45) is 3.09. The summed E-state index contributed by atoms with van der Waals surface area (Å²) >= 11 is 0. The van der Waals surface area contributed by atoms with Crippen molar-refractivity contribution < 1.29 is 27.6 Å². The number of rotatable bonds is 4. The lowest BCUT2D eigenvalue weighted by molar-refractivity contribution is -0.190. The quantitative estimate of drug-likeness (QED) is 0.821. The molecule has 1 heterocycles. The van der Waals surface area contributed by atoms with Gasteiger partial charge in [0.2, 0.25) is 0 Å². The first-order valence-corrected chi connectivity index (χ1v) is 8.69. The van der Waals surface area contributed by atoms with Crippen molar-refractivity contribution in [1.29, 1.82) is 0 Å². The van der Waals surface area contributed by atoms with Crippen LogP contribution in [0.2, 0.25) is 0 Å². The molecule has 1 aromatic carbocycles. The molecule has 0 aromatic heterocycles. The molecule has 0 aliphatic carbocycles. The van der Waals surface area contributed by atoms with Gasteiger partial charge in [0.1, 0.15) is 0 Å². The van der Waals surface area contributed by atoms with Crippen molar-refractivity contribution in [3.63, 3.8) is 0 Å². The van der Waals surface area contributed by atoms with Crippen LogP contribution < -0.4 is 0 Å². The Bertz CT molecular complexity index is 519. The first kappa shape index (κ1) is 19.1. The summed E-state index contributed by atoms with van der Waals surface area (Å²) in [6.45, 7) is 4.55. The third-order valence-electron chi connectivity index (χ3n) is 3.10. The molecule has 1 aliphatic heterocycles. The van der Waals surface area contributed by atoms with Gasteiger partial charge in [0.25, 0.3) is 10.1 Å². The number of hydrogen-bond donors (Lipinski definition) is 2. The molecule has 2 N–H and O–H groups in total. The maximum absolute atomic E-state index is 10.5. The predicted octanol–water partition coefficient (Wildman–Crippen LogP) is 2.15. The monoisotopic (exact) mass is 332 g/mol. The smallest absolute Gasteiger partial charge is 0.294 e. The van der Waals surface area contributed by atoms with Crippen LogP contribution in [0.3, 0.4) is 0 Å². The first-order chi connectivity index (χ1) is 10.3. The average molecular weight is 332 g/mol. The van der Waals surface area contributed by atoms with Gasteiger partial charge >= 0.3 is 0 Å². The van der Waals surface area contributed by atoms with Crippen LogP contribution in [-0.4, -0.2) is 43.7 Å². The predicted molar refractivity (Wildman–Crippen MR) is 82.2 cm³/mol. The van der Waals surface area contributed by atoms with Gasteiger partial charge in [0.15, 0.2) is 6.29 Å². The average Bonchev–Trinajstić information content (AvgIpc) is 2.48. The molecule has 1 fully saturated rings. The van der Waals surface area contributed by atoms with Crippen LogP contribution in [0, 0.1) is 6.92 Å². The molecule has 22 heavy (non-hydrogen) atoms. The Morgan fingerprint density at radius 1 is 1.32 bits per heavy atom. The molecule has 126 valence electrons. The fraction of sp³-hybridized carbons (Fsp3) is 0.600. The van der Waals surface area contributed by atoms with Crippen molar-refractivity contribution in [2.24, 2.45) is 0 Å². The summed E-state index contributed by atoms with van der Waals surface area (Å²) in [5.41, 5.74) is 0.956. The van der Waals surface area contributed by atoms with Crippen LogP contribution in [0.25, 0.3) is 0 Å². The van der Waals surface area contributed by atoms with Crippen LogP contribution in [-0.2, 0) is 19.6 Å². The summed E-state index contributed by atoms with van der Waals surface area (Å²) in [5, 5.41) is 8.68. The Labute approximate surface area is 131 Å². The fourth-order valence-corrected chi connectivity index (χ4v) is 2.31. The third-order valence-corrected chi connectivity index (χ3v) is 3.97. The van der Waals surface area contributed by atoms with Crippen molar-refractivity contribution in [3.05, 3.63) is 29.8 Å². The fourth-order valence-electron chi connectivity index (χ4n) is 1.83. The summed E-state index contributed by atoms with van der Waals surface area (Å²) in [5.74, 6) is 0. The zero-order valence-corrected chi connectivity index (χ0v) is 13.8. The summed E-state index contributed by atoms with van der Waals surface area (Å²) < 4.78 is 40.2. The molecule has 6 nitrogen and oxygen atoms in total. The zero-order valence-electron chi connectivity index (χ0n) is 12.9. The standard InChI is InChI=1S/C8H16O3.C7H8O3S/c1-7(6-9)11-8-4-2-3-5-10-8;1-6-2-4-7(5-3-6)11(8,9)10/h7-9H,2-6H2,1H3;2-5H,1H3,(H,8,9,10). The van der Waals surface area contributed by atoms with Gasteiger partial charge in [-0.2, -0.15) is 8.42 Å². The molecular formula is C15H24O6S. The van der Waals surface area contributed by atoms with Crippen LogP contribution in [0.5, 0.6) is 0 Å². The van der Waals surface area contributed by atoms with Crippen molar-refractivity contribution >= 4 is 10.1 Å². The first-order valence-electron chi connectivity index (χ1n) is 7.25. The van der Waals surface area contributed by atoms with E-state index in [1.807, 2.05) is 13.8 Å². The highest BCUT2D eigenvalue weighted by Gasteiger charge is 2.16. The van der Waals surface area contributed by atoms with Gasteiger partial charge in [-0.25, -0.2) is 0 Å². The van der Waals surface area contributed by atoms with Crippen molar-refractivity contribution in [1.82, 2.24) is 0 Å². The van der Waals surface area contributed by atoms with E-state index in [1.54, 1.807) is 12.1 Å². The molecular weight excluding hydrogens is 308 g/mol. The molecule has 7 heteroatoms. The SMILES string of the molecule is CC(CO)OC1CCCCO1.Cc1ccc(S(=O)(=O)O)cc1. The molecule has 2 unspecified atom stereocenters. The Morgan fingerprint density at radius 3 is 2.41 bits per heavy atom. The molecule has 2 atom stereocenters. The van der Waals surface area contributed by atoms with E-state index in [2.05, 4.69) is 0 Å². The normalized spacial score (nSPS) is 19.9. The topological polar surface area (TPSA) is 93.1 Å². The highest BCUT2D eigenvalue weighted by atomic mass is 32.2. The van der Waals surface area contributed by atoms with Gasteiger partial charge in [-0.3, -0.25) is 4.55 Å². The van der Waals surface area contributed by atoms with E-state index in [9.17, 15) is 8.42 Å².